The van der Waals surface area contributed by atoms with Crippen LogP contribution < -0.4 is 5.32 Å². The van der Waals surface area contributed by atoms with Gasteiger partial charge in [0.2, 0.25) is 0 Å². The molecule has 0 saturated heterocycles. The van der Waals surface area contributed by atoms with Gasteiger partial charge < -0.3 is 10.2 Å². The maximum atomic E-state index is 3.51. The van der Waals surface area contributed by atoms with Crippen molar-refractivity contribution >= 4 is 6.08 Å². The summed E-state index contributed by atoms with van der Waals surface area (Å²) in [5.74, 6) is 0. The molecule has 0 aliphatic carbocycles. The standard InChI is InChI=1S/C20H34N2/c1-3-5-17-22(18-6-4-2)19-11-16-21-15-10-14-20-12-8-7-9-13-20/h7-10,12-14,21H,3-6,11,15-19H2,1-2H3/b14-10+. The number of hydrogen-bond donors (Lipinski definition) is 1. The average Bonchev–Trinajstić information content (AvgIpc) is 2.56. The number of unbranched alkanes of at least 4 members (excludes halogenated alkanes) is 2. The van der Waals surface area contributed by atoms with Crippen molar-refractivity contribution in [1.29, 1.82) is 0 Å². The molecule has 124 valence electrons. The summed E-state index contributed by atoms with van der Waals surface area (Å²) in [6.07, 6.45) is 10.9. The normalized spacial score (nSPS) is 11.6. The van der Waals surface area contributed by atoms with E-state index in [1.54, 1.807) is 0 Å². The molecule has 2 heteroatoms. The first-order valence-corrected chi connectivity index (χ1v) is 9.01. The molecule has 0 spiro atoms. The topological polar surface area (TPSA) is 15.3 Å². The third kappa shape index (κ3) is 9.75. The van der Waals surface area contributed by atoms with Gasteiger partial charge in [-0.25, -0.2) is 0 Å². The van der Waals surface area contributed by atoms with Gasteiger partial charge in [-0.3, -0.25) is 0 Å². The van der Waals surface area contributed by atoms with Crippen LogP contribution in [-0.2, 0) is 0 Å². The highest BCUT2D eigenvalue weighted by atomic mass is 15.1. The van der Waals surface area contributed by atoms with E-state index in [2.05, 4.69) is 66.5 Å². The Morgan fingerprint density at radius 2 is 1.55 bits per heavy atom. The van der Waals surface area contributed by atoms with Crippen LogP contribution in [-0.4, -0.2) is 37.6 Å². The second kappa shape index (κ2) is 13.5. The highest BCUT2D eigenvalue weighted by molar-refractivity contribution is 5.48. The predicted octanol–water partition coefficient (Wildman–Crippen LogP) is 4.58. The zero-order valence-corrected chi connectivity index (χ0v) is 14.6. The summed E-state index contributed by atoms with van der Waals surface area (Å²) in [6, 6.07) is 10.5. The van der Waals surface area contributed by atoms with E-state index in [9.17, 15) is 0 Å². The Morgan fingerprint density at radius 3 is 2.18 bits per heavy atom. The van der Waals surface area contributed by atoms with Crippen LogP contribution in [0.25, 0.3) is 6.08 Å². The molecule has 0 atom stereocenters. The van der Waals surface area contributed by atoms with Crippen molar-refractivity contribution in [2.24, 2.45) is 0 Å². The van der Waals surface area contributed by atoms with Gasteiger partial charge in [-0.15, -0.1) is 0 Å². The molecule has 0 unspecified atom stereocenters. The van der Waals surface area contributed by atoms with E-state index in [1.165, 1.54) is 57.3 Å². The van der Waals surface area contributed by atoms with Gasteiger partial charge in [-0.2, -0.15) is 0 Å². The largest absolute Gasteiger partial charge is 0.313 e. The van der Waals surface area contributed by atoms with Crippen molar-refractivity contribution in [1.82, 2.24) is 10.2 Å². The fourth-order valence-corrected chi connectivity index (χ4v) is 2.47. The molecule has 0 fully saturated rings. The molecule has 0 saturated carbocycles. The van der Waals surface area contributed by atoms with Crippen LogP contribution in [0.1, 0.15) is 51.5 Å². The highest BCUT2D eigenvalue weighted by Gasteiger charge is 2.02. The zero-order chi connectivity index (χ0) is 15.9. The van der Waals surface area contributed by atoms with Crippen molar-refractivity contribution in [3.8, 4) is 0 Å². The molecule has 22 heavy (non-hydrogen) atoms. The van der Waals surface area contributed by atoms with Crippen molar-refractivity contribution in [3.63, 3.8) is 0 Å². The van der Waals surface area contributed by atoms with E-state index in [1.807, 2.05) is 0 Å². The van der Waals surface area contributed by atoms with Gasteiger partial charge in [-0.05, 0) is 51.0 Å². The summed E-state index contributed by atoms with van der Waals surface area (Å²) in [5, 5.41) is 3.51. The summed E-state index contributed by atoms with van der Waals surface area (Å²) in [6.45, 7) is 10.4. The van der Waals surface area contributed by atoms with Crippen LogP contribution in [0.3, 0.4) is 0 Å². The minimum Gasteiger partial charge on any atom is -0.313 e. The molecule has 2 nitrogen and oxygen atoms in total. The molecule has 0 aliphatic heterocycles. The third-order valence-corrected chi connectivity index (χ3v) is 3.86. The van der Waals surface area contributed by atoms with E-state index in [4.69, 9.17) is 0 Å². The molecule has 1 aromatic carbocycles. The summed E-state index contributed by atoms with van der Waals surface area (Å²) in [7, 11) is 0. The molecular weight excluding hydrogens is 268 g/mol. The summed E-state index contributed by atoms with van der Waals surface area (Å²) >= 11 is 0. The summed E-state index contributed by atoms with van der Waals surface area (Å²) in [4.78, 5) is 2.63. The Kier molecular flexibility index (Phi) is 11.6. The molecule has 1 aromatic rings. The van der Waals surface area contributed by atoms with Gasteiger partial charge in [0.25, 0.3) is 0 Å². The first kappa shape index (κ1) is 18.9. The quantitative estimate of drug-likeness (QED) is 0.536. The van der Waals surface area contributed by atoms with Crippen molar-refractivity contribution in [2.75, 3.05) is 32.7 Å². The molecule has 1 N–H and O–H groups in total. The SMILES string of the molecule is CCCCN(CCCC)CCCNC/C=C/c1ccccc1. The van der Waals surface area contributed by atoms with Gasteiger partial charge in [0.1, 0.15) is 0 Å². The second-order valence-corrected chi connectivity index (χ2v) is 5.92. The molecule has 0 radical (unpaired) electrons. The fourth-order valence-electron chi connectivity index (χ4n) is 2.47. The lowest BCUT2D eigenvalue weighted by Crippen LogP contribution is -2.29. The van der Waals surface area contributed by atoms with Crippen molar-refractivity contribution in [3.05, 3.63) is 42.0 Å². The maximum absolute atomic E-state index is 3.51. The van der Waals surface area contributed by atoms with Gasteiger partial charge in [0.15, 0.2) is 0 Å². The number of nitrogens with one attached hydrogen (secondary N) is 1. The minimum absolute atomic E-state index is 0.957. The molecule has 0 aromatic heterocycles. The third-order valence-electron chi connectivity index (χ3n) is 3.86. The van der Waals surface area contributed by atoms with Crippen LogP contribution in [0.5, 0.6) is 0 Å². The Morgan fingerprint density at radius 1 is 0.909 bits per heavy atom. The minimum atomic E-state index is 0.957. The molecule has 0 amide bonds. The lowest BCUT2D eigenvalue weighted by molar-refractivity contribution is 0.261. The molecule has 1 rings (SSSR count). The van der Waals surface area contributed by atoms with Crippen LogP contribution in [0.4, 0.5) is 0 Å². The fraction of sp³-hybridized carbons (Fsp3) is 0.600. The number of benzene rings is 1. The predicted molar refractivity (Wildman–Crippen MR) is 99.2 cm³/mol. The maximum Gasteiger partial charge on any atom is 0.0138 e. The molecule has 0 bridgehead atoms. The van der Waals surface area contributed by atoms with Crippen LogP contribution in [0.15, 0.2) is 36.4 Å². The smallest absolute Gasteiger partial charge is 0.0138 e. The Labute approximate surface area is 137 Å². The van der Waals surface area contributed by atoms with Gasteiger partial charge in [0.05, 0.1) is 0 Å². The highest BCUT2D eigenvalue weighted by Crippen LogP contribution is 2.01. The Hall–Kier alpha value is -1.12. The molecule has 0 aliphatic rings. The zero-order valence-electron chi connectivity index (χ0n) is 14.6. The van der Waals surface area contributed by atoms with Crippen LogP contribution in [0.2, 0.25) is 0 Å². The van der Waals surface area contributed by atoms with E-state index >= 15 is 0 Å². The van der Waals surface area contributed by atoms with E-state index in [-0.39, 0.29) is 0 Å². The Balaban J connectivity index is 2.08. The lowest BCUT2D eigenvalue weighted by Gasteiger charge is -2.21. The molecular formula is C20H34N2. The number of rotatable bonds is 13. The summed E-state index contributed by atoms with van der Waals surface area (Å²) < 4.78 is 0. The second-order valence-electron chi connectivity index (χ2n) is 5.92. The van der Waals surface area contributed by atoms with E-state index in [0.29, 0.717) is 0 Å². The van der Waals surface area contributed by atoms with Gasteiger partial charge in [0, 0.05) is 6.54 Å². The molecule has 0 heterocycles. The first-order valence-electron chi connectivity index (χ1n) is 9.01. The van der Waals surface area contributed by atoms with Crippen LogP contribution in [0, 0.1) is 0 Å². The Bertz CT molecular complexity index is 365. The van der Waals surface area contributed by atoms with Crippen molar-refractivity contribution in [2.45, 2.75) is 46.0 Å². The van der Waals surface area contributed by atoms with E-state index in [0.717, 1.165) is 13.1 Å². The van der Waals surface area contributed by atoms with E-state index < -0.39 is 0 Å². The van der Waals surface area contributed by atoms with Crippen molar-refractivity contribution < 1.29 is 0 Å². The first-order chi connectivity index (χ1) is 10.9. The van der Waals surface area contributed by atoms with Gasteiger partial charge in [-0.1, -0.05) is 69.2 Å². The van der Waals surface area contributed by atoms with Gasteiger partial charge >= 0.3 is 0 Å². The lowest BCUT2D eigenvalue weighted by atomic mass is 10.2. The van der Waals surface area contributed by atoms with Crippen LogP contribution >= 0.6 is 0 Å². The summed E-state index contributed by atoms with van der Waals surface area (Å²) in [5.41, 5.74) is 1.27. The monoisotopic (exact) mass is 302 g/mol. The number of nitrogens with zero attached hydrogens (tertiary/aromatic N) is 1. The average molecular weight is 303 g/mol. The number of hydrogen-bond acceptors (Lipinski definition) is 2.